The normalized spacial score (nSPS) is 17.4. The maximum absolute atomic E-state index is 11.4. The van der Waals surface area contributed by atoms with Gasteiger partial charge in [-0.2, -0.15) is 0 Å². The molecule has 0 bridgehead atoms. The van der Waals surface area contributed by atoms with Gasteiger partial charge in [0, 0.05) is 33.0 Å². The second-order valence-corrected chi connectivity index (χ2v) is 10.5. The minimum Gasteiger partial charge on any atom is -0.378 e. The first-order valence-corrected chi connectivity index (χ1v) is 12.0. The highest BCUT2D eigenvalue weighted by Crippen LogP contribution is 2.30. The van der Waals surface area contributed by atoms with Crippen molar-refractivity contribution in [2.24, 2.45) is 16.3 Å². The van der Waals surface area contributed by atoms with Gasteiger partial charge in [-0.3, -0.25) is 4.99 Å². The molecule has 8 heteroatoms. The third-order valence-electron chi connectivity index (χ3n) is 5.14. The zero-order valence-electron chi connectivity index (χ0n) is 17.7. The molecular formula is C19H40IN3O3S. The van der Waals surface area contributed by atoms with Crippen molar-refractivity contribution < 1.29 is 13.2 Å². The second-order valence-electron chi connectivity index (χ2n) is 8.22. The lowest BCUT2D eigenvalue weighted by Gasteiger charge is -2.27. The van der Waals surface area contributed by atoms with Gasteiger partial charge in [0.25, 0.3) is 0 Å². The van der Waals surface area contributed by atoms with Crippen molar-refractivity contribution in [1.29, 1.82) is 0 Å². The van der Waals surface area contributed by atoms with Gasteiger partial charge in [0.2, 0.25) is 0 Å². The molecule has 1 rings (SSSR count). The topological polar surface area (TPSA) is 79.8 Å². The fourth-order valence-electron chi connectivity index (χ4n) is 3.42. The van der Waals surface area contributed by atoms with Crippen LogP contribution in [0.5, 0.6) is 0 Å². The Hall–Kier alpha value is -0.0900. The molecule has 0 saturated heterocycles. The number of sulfone groups is 1. The van der Waals surface area contributed by atoms with Crippen molar-refractivity contribution in [2.75, 3.05) is 38.8 Å². The average molecular weight is 518 g/mol. The third-order valence-corrected chi connectivity index (χ3v) is 6.08. The molecule has 0 aromatic rings. The van der Waals surface area contributed by atoms with Crippen LogP contribution in [0, 0.1) is 11.3 Å². The summed E-state index contributed by atoms with van der Waals surface area (Å²) >= 11 is 0. The summed E-state index contributed by atoms with van der Waals surface area (Å²) in [4.78, 5) is 4.28. The van der Waals surface area contributed by atoms with Crippen LogP contribution in [-0.2, 0) is 14.6 Å². The summed E-state index contributed by atoms with van der Waals surface area (Å²) in [6.45, 7) is 8.48. The van der Waals surface area contributed by atoms with E-state index in [0.29, 0.717) is 25.0 Å². The summed E-state index contributed by atoms with van der Waals surface area (Å²) in [7, 11) is -1.17. The van der Waals surface area contributed by atoms with E-state index in [1.54, 1.807) is 7.05 Å². The molecule has 2 N–H and O–H groups in total. The Bertz CT molecular complexity index is 532. The van der Waals surface area contributed by atoms with Gasteiger partial charge in [0.05, 0.1) is 11.9 Å². The Morgan fingerprint density at radius 1 is 1.26 bits per heavy atom. The average Bonchev–Trinajstić information content (AvgIpc) is 3.09. The van der Waals surface area contributed by atoms with E-state index in [9.17, 15) is 8.42 Å². The molecule has 162 valence electrons. The standard InChI is InChI=1S/C19H39N3O3S.HI/c1-6-25-17(16-9-7-8-10-16)11-13-21-18(20-4)22-15-19(2,3)12-14-26(5,23)24;/h16-17H,6-15H2,1-5H3,(H2,20,21,22);1H. The van der Waals surface area contributed by atoms with Crippen LogP contribution in [-0.4, -0.2) is 59.2 Å². The third kappa shape index (κ3) is 12.2. The molecule has 0 spiro atoms. The largest absolute Gasteiger partial charge is 0.378 e. The molecule has 1 aliphatic rings. The Morgan fingerprint density at radius 3 is 2.41 bits per heavy atom. The molecule has 0 radical (unpaired) electrons. The number of halogens is 1. The summed E-state index contributed by atoms with van der Waals surface area (Å²) in [5, 5.41) is 6.69. The molecule has 0 heterocycles. The number of nitrogens with zero attached hydrogens (tertiary/aromatic N) is 1. The second kappa shape index (κ2) is 13.2. The van der Waals surface area contributed by atoms with E-state index in [0.717, 1.165) is 25.5 Å². The monoisotopic (exact) mass is 517 g/mol. The van der Waals surface area contributed by atoms with E-state index in [4.69, 9.17) is 4.74 Å². The molecule has 0 amide bonds. The van der Waals surface area contributed by atoms with E-state index in [-0.39, 0.29) is 35.1 Å². The van der Waals surface area contributed by atoms with Crippen LogP contribution in [0.2, 0.25) is 0 Å². The molecule has 0 aromatic heterocycles. The zero-order valence-corrected chi connectivity index (χ0v) is 20.9. The highest BCUT2D eigenvalue weighted by molar-refractivity contribution is 14.0. The van der Waals surface area contributed by atoms with Crippen LogP contribution in [0.15, 0.2) is 4.99 Å². The van der Waals surface area contributed by atoms with Gasteiger partial charge in [0.15, 0.2) is 5.96 Å². The van der Waals surface area contributed by atoms with Crippen molar-refractivity contribution in [3.63, 3.8) is 0 Å². The molecule has 1 unspecified atom stereocenters. The lowest BCUT2D eigenvalue weighted by molar-refractivity contribution is 0.0169. The van der Waals surface area contributed by atoms with Gasteiger partial charge >= 0.3 is 0 Å². The van der Waals surface area contributed by atoms with E-state index in [2.05, 4.69) is 36.4 Å². The van der Waals surface area contributed by atoms with E-state index < -0.39 is 9.84 Å². The van der Waals surface area contributed by atoms with E-state index in [1.807, 2.05) is 0 Å². The molecule has 1 fully saturated rings. The molecule has 6 nitrogen and oxygen atoms in total. The Morgan fingerprint density at radius 2 is 1.89 bits per heavy atom. The fraction of sp³-hybridized carbons (Fsp3) is 0.947. The number of nitrogens with one attached hydrogen (secondary N) is 2. The van der Waals surface area contributed by atoms with Crippen LogP contribution >= 0.6 is 24.0 Å². The smallest absolute Gasteiger partial charge is 0.190 e. The number of ether oxygens (including phenoxy) is 1. The van der Waals surface area contributed by atoms with E-state index >= 15 is 0 Å². The van der Waals surface area contributed by atoms with Gasteiger partial charge in [-0.25, -0.2) is 8.42 Å². The SMILES string of the molecule is CCOC(CCNC(=NC)NCC(C)(C)CCS(C)(=O)=O)C1CCCC1.I. The summed E-state index contributed by atoms with van der Waals surface area (Å²) in [6, 6.07) is 0. The Labute approximate surface area is 183 Å². The number of hydrogen-bond donors (Lipinski definition) is 2. The van der Waals surface area contributed by atoms with Gasteiger partial charge in [-0.1, -0.05) is 26.7 Å². The molecule has 27 heavy (non-hydrogen) atoms. The summed E-state index contributed by atoms with van der Waals surface area (Å²) in [6.07, 6.45) is 8.45. The first-order chi connectivity index (χ1) is 12.2. The predicted molar refractivity (Wildman–Crippen MR) is 125 cm³/mol. The lowest BCUT2D eigenvalue weighted by atomic mass is 9.90. The van der Waals surface area contributed by atoms with Crippen molar-refractivity contribution in [3.05, 3.63) is 0 Å². The minimum absolute atomic E-state index is 0. The Kier molecular flexibility index (Phi) is 13.1. The molecule has 1 atom stereocenters. The number of hydrogen-bond acceptors (Lipinski definition) is 4. The van der Waals surface area contributed by atoms with Gasteiger partial charge in [-0.15, -0.1) is 24.0 Å². The highest BCUT2D eigenvalue weighted by atomic mass is 127. The quantitative estimate of drug-likeness (QED) is 0.250. The fourth-order valence-corrected chi connectivity index (χ4v) is 4.35. The molecule has 0 aliphatic heterocycles. The summed E-state index contributed by atoms with van der Waals surface area (Å²) < 4.78 is 28.7. The highest BCUT2D eigenvalue weighted by Gasteiger charge is 2.25. The van der Waals surface area contributed by atoms with Gasteiger partial charge < -0.3 is 15.4 Å². The van der Waals surface area contributed by atoms with Crippen LogP contribution in [0.25, 0.3) is 0 Å². The maximum Gasteiger partial charge on any atom is 0.190 e. The predicted octanol–water partition coefficient (Wildman–Crippen LogP) is 3.22. The van der Waals surface area contributed by atoms with Gasteiger partial charge in [0.1, 0.15) is 9.84 Å². The molecule has 0 aromatic carbocycles. The number of aliphatic imine (C=N–C) groups is 1. The van der Waals surface area contributed by atoms with Crippen molar-refractivity contribution >= 4 is 39.8 Å². The van der Waals surface area contributed by atoms with Crippen molar-refractivity contribution in [3.8, 4) is 0 Å². The number of guanidine groups is 1. The summed E-state index contributed by atoms with van der Waals surface area (Å²) in [5.74, 6) is 1.67. The first-order valence-electron chi connectivity index (χ1n) is 9.90. The van der Waals surface area contributed by atoms with E-state index in [1.165, 1.54) is 31.9 Å². The first kappa shape index (κ1) is 26.9. The molecular weight excluding hydrogens is 477 g/mol. The van der Waals surface area contributed by atoms with Gasteiger partial charge in [-0.05, 0) is 43.9 Å². The molecule has 1 aliphatic carbocycles. The summed E-state index contributed by atoms with van der Waals surface area (Å²) in [5.41, 5.74) is -0.113. The zero-order chi connectivity index (χ0) is 19.6. The maximum atomic E-state index is 11.4. The minimum atomic E-state index is -2.93. The van der Waals surface area contributed by atoms with Crippen LogP contribution in [0.1, 0.15) is 59.3 Å². The van der Waals surface area contributed by atoms with Crippen molar-refractivity contribution in [1.82, 2.24) is 10.6 Å². The van der Waals surface area contributed by atoms with Crippen LogP contribution in [0.4, 0.5) is 0 Å². The van der Waals surface area contributed by atoms with Crippen LogP contribution < -0.4 is 10.6 Å². The number of rotatable bonds is 11. The van der Waals surface area contributed by atoms with Crippen molar-refractivity contribution in [2.45, 2.75) is 65.4 Å². The lowest BCUT2D eigenvalue weighted by Crippen LogP contribution is -2.43. The Balaban J connectivity index is 0.00000676. The molecule has 1 saturated carbocycles. The van der Waals surface area contributed by atoms with Crippen LogP contribution in [0.3, 0.4) is 0 Å².